The van der Waals surface area contributed by atoms with Crippen molar-refractivity contribution in [3.8, 4) is 0 Å². The second-order valence-corrected chi connectivity index (χ2v) is 4.76. The van der Waals surface area contributed by atoms with Gasteiger partial charge in [0.2, 0.25) is 5.91 Å². The molecule has 3 rings (SSSR count). The molecule has 0 aromatic heterocycles. The van der Waals surface area contributed by atoms with Crippen molar-refractivity contribution in [3.05, 3.63) is 52.1 Å². The number of hydrogen-bond acceptors (Lipinski definition) is 5. The number of nitrogens with two attached hydrogens (primary N) is 1. The molecule has 1 aliphatic heterocycles. The molecule has 0 aliphatic carbocycles. The van der Waals surface area contributed by atoms with Gasteiger partial charge in [-0.3, -0.25) is 14.9 Å². The van der Waals surface area contributed by atoms with Crippen LogP contribution in [-0.4, -0.2) is 10.8 Å². The highest BCUT2D eigenvalue weighted by Gasteiger charge is 2.24. The van der Waals surface area contributed by atoms with E-state index in [1.807, 2.05) is 0 Å². The summed E-state index contributed by atoms with van der Waals surface area (Å²) >= 11 is 0. The third-order valence-electron chi connectivity index (χ3n) is 3.23. The van der Waals surface area contributed by atoms with Crippen molar-refractivity contribution < 1.29 is 9.72 Å². The minimum atomic E-state index is -0.470. The number of nitrogens with one attached hydrogen (secondary N) is 2. The molecular formula is C14H12N4O3. The summed E-state index contributed by atoms with van der Waals surface area (Å²) in [6.45, 7) is 0. The van der Waals surface area contributed by atoms with Crippen molar-refractivity contribution in [3.63, 3.8) is 0 Å². The summed E-state index contributed by atoms with van der Waals surface area (Å²) in [5.41, 5.74) is 8.38. The lowest BCUT2D eigenvalue weighted by Gasteiger charge is -2.09. The minimum Gasteiger partial charge on any atom is -0.399 e. The molecular weight excluding hydrogens is 272 g/mol. The van der Waals surface area contributed by atoms with E-state index in [1.54, 1.807) is 30.3 Å². The molecule has 7 nitrogen and oxygen atoms in total. The zero-order valence-electron chi connectivity index (χ0n) is 10.9. The fraction of sp³-hybridized carbons (Fsp3) is 0.0714. The van der Waals surface area contributed by atoms with Crippen LogP contribution in [0.25, 0.3) is 0 Å². The summed E-state index contributed by atoms with van der Waals surface area (Å²) in [4.78, 5) is 22.1. The van der Waals surface area contributed by atoms with E-state index in [0.29, 0.717) is 28.3 Å². The monoisotopic (exact) mass is 284 g/mol. The van der Waals surface area contributed by atoms with Gasteiger partial charge in [0.1, 0.15) is 5.69 Å². The van der Waals surface area contributed by atoms with Crippen LogP contribution in [0.5, 0.6) is 0 Å². The van der Waals surface area contributed by atoms with E-state index in [9.17, 15) is 14.9 Å². The van der Waals surface area contributed by atoms with E-state index >= 15 is 0 Å². The highest BCUT2D eigenvalue weighted by atomic mass is 16.6. The molecule has 0 radical (unpaired) electrons. The van der Waals surface area contributed by atoms with Gasteiger partial charge in [0.05, 0.1) is 11.3 Å². The molecule has 21 heavy (non-hydrogen) atoms. The molecule has 1 aliphatic rings. The number of carbonyl (C=O) groups excluding carboxylic acids is 1. The van der Waals surface area contributed by atoms with Crippen molar-refractivity contribution in [2.24, 2.45) is 0 Å². The SMILES string of the molecule is Nc1ccc(Nc2cc3c(cc2[N+](=O)[O-])CC(=O)N3)cc1. The van der Waals surface area contributed by atoms with E-state index in [-0.39, 0.29) is 18.0 Å². The number of anilines is 4. The zero-order valence-corrected chi connectivity index (χ0v) is 10.9. The van der Waals surface area contributed by atoms with Crippen molar-refractivity contribution in [1.29, 1.82) is 0 Å². The molecule has 106 valence electrons. The van der Waals surface area contributed by atoms with Crippen LogP contribution in [0.1, 0.15) is 5.56 Å². The van der Waals surface area contributed by atoms with Gasteiger partial charge in [-0.1, -0.05) is 0 Å². The van der Waals surface area contributed by atoms with Gasteiger partial charge < -0.3 is 16.4 Å². The fourth-order valence-corrected chi connectivity index (χ4v) is 2.23. The van der Waals surface area contributed by atoms with Gasteiger partial charge in [-0.05, 0) is 35.9 Å². The Bertz CT molecular complexity index is 741. The Morgan fingerprint density at radius 2 is 1.95 bits per heavy atom. The van der Waals surface area contributed by atoms with E-state index in [4.69, 9.17) is 5.73 Å². The predicted molar refractivity (Wildman–Crippen MR) is 79.6 cm³/mol. The summed E-state index contributed by atoms with van der Waals surface area (Å²) in [7, 11) is 0. The number of nitro benzene ring substituents is 1. The van der Waals surface area contributed by atoms with Crippen LogP contribution in [0.2, 0.25) is 0 Å². The summed E-state index contributed by atoms with van der Waals surface area (Å²) in [5.74, 6) is -0.163. The molecule has 1 heterocycles. The molecule has 0 fully saturated rings. The van der Waals surface area contributed by atoms with Gasteiger partial charge in [0, 0.05) is 23.1 Å². The number of amides is 1. The smallest absolute Gasteiger partial charge is 0.293 e. The normalized spacial score (nSPS) is 12.7. The summed E-state index contributed by atoms with van der Waals surface area (Å²) in [5, 5.41) is 16.8. The van der Waals surface area contributed by atoms with Crippen LogP contribution < -0.4 is 16.4 Å². The largest absolute Gasteiger partial charge is 0.399 e. The van der Waals surface area contributed by atoms with Crippen LogP contribution in [0.4, 0.5) is 28.4 Å². The van der Waals surface area contributed by atoms with Crippen molar-refractivity contribution in [2.45, 2.75) is 6.42 Å². The first-order valence-electron chi connectivity index (χ1n) is 6.26. The molecule has 0 unspecified atom stereocenters. The Morgan fingerprint density at radius 1 is 1.24 bits per heavy atom. The Morgan fingerprint density at radius 3 is 2.62 bits per heavy atom. The number of carbonyl (C=O) groups is 1. The Hall–Kier alpha value is -3.09. The predicted octanol–water partition coefficient (Wildman–Crippen LogP) is 2.42. The number of rotatable bonds is 3. The molecule has 2 aromatic carbocycles. The number of benzene rings is 2. The van der Waals surface area contributed by atoms with E-state index in [2.05, 4.69) is 10.6 Å². The summed E-state index contributed by atoms with van der Waals surface area (Å²) in [6.07, 6.45) is 0.165. The first-order chi connectivity index (χ1) is 10.0. The van der Waals surface area contributed by atoms with Gasteiger partial charge in [-0.15, -0.1) is 0 Å². The third-order valence-corrected chi connectivity index (χ3v) is 3.23. The molecule has 7 heteroatoms. The first kappa shape index (κ1) is 12.9. The van der Waals surface area contributed by atoms with E-state index in [0.717, 1.165) is 0 Å². The topological polar surface area (TPSA) is 110 Å². The fourth-order valence-electron chi connectivity index (χ4n) is 2.23. The van der Waals surface area contributed by atoms with Crippen LogP contribution in [0.15, 0.2) is 36.4 Å². The van der Waals surface area contributed by atoms with Crippen molar-refractivity contribution in [2.75, 3.05) is 16.4 Å². The molecule has 2 aromatic rings. The number of nitro groups is 1. The second-order valence-electron chi connectivity index (χ2n) is 4.76. The van der Waals surface area contributed by atoms with Gasteiger partial charge in [0.25, 0.3) is 5.69 Å². The zero-order chi connectivity index (χ0) is 15.0. The second kappa shape index (κ2) is 4.78. The van der Waals surface area contributed by atoms with Crippen LogP contribution in [0.3, 0.4) is 0 Å². The highest BCUT2D eigenvalue weighted by molar-refractivity contribution is 6.00. The molecule has 1 amide bonds. The van der Waals surface area contributed by atoms with Gasteiger partial charge >= 0.3 is 0 Å². The maximum absolute atomic E-state index is 11.4. The van der Waals surface area contributed by atoms with Crippen molar-refractivity contribution in [1.82, 2.24) is 0 Å². The van der Waals surface area contributed by atoms with Gasteiger partial charge in [0.15, 0.2) is 0 Å². The quantitative estimate of drug-likeness (QED) is 0.455. The number of hydrogen-bond donors (Lipinski definition) is 3. The molecule has 0 spiro atoms. The number of fused-ring (bicyclic) bond motifs is 1. The number of nitrogens with zero attached hydrogens (tertiary/aromatic N) is 1. The number of nitrogen functional groups attached to an aromatic ring is 1. The molecule has 0 saturated heterocycles. The molecule has 0 bridgehead atoms. The summed E-state index contributed by atoms with van der Waals surface area (Å²) < 4.78 is 0. The van der Waals surface area contributed by atoms with Crippen molar-refractivity contribution >= 4 is 34.3 Å². The lowest BCUT2D eigenvalue weighted by atomic mass is 10.1. The molecule has 4 N–H and O–H groups in total. The average molecular weight is 284 g/mol. The lowest BCUT2D eigenvalue weighted by Crippen LogP contribution is -2.03. The van der Waals surface area contributed by atoms with E-state index in [1.165, 1.54) is 6.07 Å². The maximum atomic E-state index is 11.4. The maximum Gasteiger partial charge on any atom is 0.293 e. The standard InChI is InChI=1S/C14H12N4O3/c15-9-1-3-10(4-2-9)16-12-7-11-8(6-14(19)17-11)5-13(12)18(20)21/h1-5,7,16H,6,15H2,(H,17,19). The van der Waals surface area contributed by atoms with Gasteiger partial charge in [-0.2, -0.15) is 0 Å². The average Bonchev–Trinajstić information content (AvgIpc) is 2.79. The highest BCUT2D eigenvalue weighted by Crippen LogP contribution is 2.36. The summed E-state index contributed by atoms with van der Waals surface area (Å²) in [6, 6.07) is 9.85. The van der Waals surface area contributed by atoms with E-state index < -0.39 is 4.92 Å². The van der Waals surface area contributed by atoms with Crippen LogP contribution in [-0.2, 0) is 11.2 Å². The first-order valence-corrected chi connectivity index (χ1v) is 6.26. The Kier molecular flexibility index (Phi) is 2.94. The Balaban J connectivity index is 2.01. The lowest BCUT2D eigenvalue weighted by molar-refractivity contribution is -0.383. The van der Waals surface area contributed by atoms with Crippen LogP contribution in [0, 0.1) is 10.1 Å². The minimum absolute atomic E-state index is 0.0675. The molecule has 0 atom stereocenters. The third kappa shape index (κ3) is 2.48. The van der Waals surface area contributed by atoms with Crippen LogP contribution >= 0.6 is 0 Å². The molecule has 0 saturated carbocycles. The van der Waals surface area contributed by atoms with Gasteiger partial charge in [-0.25, -0.2) is 0 Å². The Labute approximate surface area is 119 Å².